The molecule has 0 amide bonds. The molecule has 3 rings (SSSR count). The molecule has 1 aromatic carbocycles. The highest BCUT2D eigenvalue weighted by Crippen LogP contribution is 2.18. The van der Waals surface area contributed by atoms with E-state index in [1.54, 1.807) is 6.20 Å². The predicted molar refractivity (Wildman–Crippen MR) is 71.9 cm³/mol. The van der Waals surface area contributed by atoms with Crippen molar-refractivity contribution in [3.05, 3.63) is 66.0 Å². The Morgan fingerprint density at radius 2 is 1.89 bits per heavy atom. The van der Waals surface area contributed by atoms with Crippen molar-refractivity contribution in [1.29, 1.82) is 0 Å². The standard InChI is InChI=1S/C14H14N4O/c1-18-13(11-7-3-2-4-8-11)17-19-14(16-18)12-9-5-6-10-15-12/h2-10,14,16H,1H3. The first-order chi connectivity index (χ1) is 9.34. The quantitative estimate of drug-likeness (QED) is 0.889. The number of hydrogen-bond donors (Lipinski definition) is 1. The molecule has 96 valence electrons. The molecule has 0 aliphatic carbocycles. The van der Waals surface area contributed by atoms with Gasteiger partial charge in [0.15, 0.2) is 5.84 Å². The van der Waals surface area contributed by atoms with Gasteiger partial charge in [-0.3, -0.25) is 9.99 Å². The van der Waals surface area contributed by atoms with Crippen LogP contribution < -0.4 is 5.43 Å². The second kappa shape index (κ2) is 5.07. The molecule has 0 bridgehead atoms. The topological polar surface area (TPSA) is 49.8 Å². The third-order valence-corrected chi connectivity index (χ3v) is 2.86. The van der Waals surface area contributed by atoms with Crippen molar-refractivity contribution in [3.8, 4) is 0 Å². The Bertz CT molecular complexity index is 571. The number of benzene rings is 1. The van der Waals surface area contributed by atoms with Crippen LogP contribution in [0.4, 0.5) is 0 Å². The number of aromatic nitrogens is 1. The van der Waals surface area contributed by atoms with E-state index in [2.05, 4.69) is 15.6 Å². The summed E-state index contributed by atoms with van der Waals surface area (Å²) in [5.41, 5.74) is 4.99. The van der Waals surface area contributed by atoms with Gasteiger partial charge in [-0.05, 0) is 12.1 Å². The predicted octanol–water partition coefficient (Wildman–Crippen LogP) is 1.91. The lowest BCUT2D eigenvalue weighted by Crippen LogP contribution is -2.46. The van der Waals surface area contributed by atoms with E-state index in [0.717, 1.165) is 17.1 Å². The second-order valence-electron chi connectivity index (χ2n) is 4.21. The molecule has 1 aliphatic rings. The second-order valence-corrected chi connectivity index (χ2v) is 4.21. The summed E-state index contributed by atoms with van der Waals surface area (Å²) in [7, 11) is 1.91. The number of nitrogens with one attached hydrogen (secondary N) is 1. The van der Waals surface area contributed by atoms with Gasteiger partial charge >= 0.3 is 0 Å². The van der Waals surface area contributed by atoms with Crippen LogP contribution in [0.3, 0.4) is 0 Å². The minimum absolute atomic E-state index is 0.362. The van der Waals surface area contributed by atoms with Gasteiger partial charge in [0.2, 0.25) is 6.23 Å². The third-order valence-electron chi connectivity index (χ3n) is 2.86. The summed E-state index contributed by atoms with van der Waals surface area (Å²) in [6.45, 7) is 0. The van der Waals surface area contributed by atoms with Crippen molar-refractivity contribution in [2.75, 3.05) is 7.05 Å². The first kappa shape index (κ1) is 11.7. The highest BCUT2D eigenvalue weighted by molar-refractivity contribution is 5.98. The van der Waals surface area contributed by atoms with E-state index >= 15 is 0 Å². The smallest absolute Gasteiger partial charge is 0.237 e. The molecule has 0 fully saturated rings. The first-order valence-corrected chi connectivity index (χ1v) is 6.04. The van der Waals surface area contributed by atoms with Gasteiger partial charge in [-0.1, -0.05) is 41.6 Å². The fourth-order valence-electron chi connectivity index (χ4n) is 1.91. The van der Waals surface area contributed by atoms with E-state index in [9.17, 15) is 0 Å². The molecule has 1 aliphatic heterocycles. The van der Waals surface area contributed by atoms with Crippen LogP contribution in [-0.2, 0) is 4.84 Å². The third kappa shape index (κ3) is 2.41. The highest BCUT2D eigenvalue weighted by Gasteiger charge is 2.24. The Morgan fingerprint density at radius 1 is 1.11 bits per heavy atom. The van der Waals surface area contributed by atoms with Gasteiger partial charge in [-0.25, -0.2) is 0 Å². The Balaban J connectivity index is 1.83. The summed E-state index contributed by atoms with van der Waals surface area (Å²) in [6.07, 6.45) is 1.37. The highest BCUT2D eigenvalue weighted by atomic mass is 16.7. The number of oxime groups is 1. The van der Waals surface area contributed by atoms with Crippen molar-refractivity contribution in [1.82, 2.24) is 15.4 Å². The van der Waals surface area contributed by atoms with E-state index in [4.69, 9.17) is 4.84 Å². The Kier molecular flexibility index (Phi) is 3.12. The molecule has 0 spiro atoms. The van der Waals surface area contributed by atoms with Crippen LogP contribution in [0.15, 0.2) is 59.9 Å². The Labute approximate surface area is 111 Å². The van der Waals surface area contributed by atoms with Gasteiger partial charge in [-0.2, -0.15) is 5.43 Å². The summed E-state index contributed by atoms with van der Waals surface area (Å²) in [4.78, 5) is 9.73. The van der Waals surface area contributed by atoms with Gasteiger partial charge in [0.05, 0.1) is 0 Å². The minimum atomic E-state index is -0.362. The monoisotopic (exact) mass is 254 g/mol. The molecule has 1 atom stereocenters. The maximum atomic E-state index is 5.47. The normalized spacial score (nSPS) is 18.7. The van der Waals surface area contributed by atoms with Gasteiger partial charge in [0.25, 0.3) is 0 Å². The fraction of sp³-hybridized carbons (Fsp3) is 0.143. The summed E-state index contributed by atoms with van der Waals surface area (Å²) in [6, 6.07) is 15.6. The van der Waals surface area contributed by atoms with E-state index in [1.165, 1.54) is 0 Å². The lowest BCUT2D eigenvalue weighted by Gasteiger charge is -2.30. The number of nitrogens with zero attached hydrogens (tertiary/aromatic N) is 3. The minimum Gasteiger partial charge on any atom is -0.366 e. The Morgan fingerprint density at radius 3 is 2.58 bits per heavy atom. The van der Waals surface area contributed by atoms with E-state index in [-0.39, 0.29) is 6.23 Å². The molecule has 5 nitrogen and oxygen atoms in total. The fourth-order valence-corrected chi connectivity index (χ4v) is 1.91. The Hall–Kier alpha value is -2.40. The molecule has 0 saturated carbocycles. The van der Waals surface area contributed by atoms with Crippen LogP contribution in [0.1, 0.15) is 17.5 Å². The van der Waals surface area contributed by atoms with Gasteiger partial charge in [-0.15, -0.1) is 0 Å². The zero-order valence-corrected chi connectivity index (χ0v) is 10.5. The van der Waals surface area contributed by atoms with Gasteiger partial charge < -0.3 is 4.84 Å². The average molecular weight is 254 g/mol. The maximum Gasteiger partial charge on any atom is 0.237 e. The molecule has 5 heteroatoms. The van der Waals surface area contributed by atoms with Gasteiger partial charge in [0.1, 0.15) is 5.69 Å². The molecule has 0 saturated heterocycles. The average Bonchev–Trinajstić information content (AvgIpc) is 2.49. The molecule has 2 aromatic rings. The van der Waals surface area contributed by atoms with Gasteiger partial charge in [0, 0.05) is 18.8 Å². The van der Waals surface area contributed by atoms with E-state index in [1.807, 2.05) is 60.6 Å². The molecule has 2 heterocycles. The molecule has 1 aromatic heterocycles. The molecule has 1 N–H and O–H groups in total. The summed E-state index contributed by atoms with van der Waals surface area (Å²) >= 11 is 0. The number of rotatable bonds is 2. The first-order valence-electron chi connectivity index (χ1n) is 6.04. The van der Waals surface area contributed by atoms with E-state index in [0.29, 0.717) is 0 Å². The van der Waals surface area contributed by atoms with Crippen LogP contribution in [0.25, 0.3) is 0 Å². The number of hydrazine groups is 1. The van der Waals surface area contributed by atoms with Crippen LogP contribution in [0, 0.1) is 0 Å². The number of amidine groups is 1. The van der Waals surface area contributed by atoms with Crippen LogP contribution in [0.5, 0.6) is 0 Å². The van der Waals surface area contributed by atoms with Crippen molar-refractivity contribution >= 4 is 5.84 Å². The van der Waals surface area contributed by atoms with Crippen LogP contribution in [-0.4, -0.2) is 22.9 Å². The largest absolute Gasteiger partial charge is 0.366 e. The summed E-state index contributed by atoms with van der Waals surface area (Å²) < 4.78 is 0. The van der Waals surface area contributed by atoms with Crippen LogP contribution in [0.2, 0.25) is 0 Å². The van der Waals surface area contributed by atoms with Crippen LogP contribution >= 0.6 is 0 Å². The molecule has 0 radical (unpaired) electrons. The SMILES string of the molecule is CN1NC(c2ccccn2)ON=C1c1ccccc1. The zero-order chi connectivity index (χ0) is 13.1. The lowest BCUT2D eigenvalue weighted by atomic mass is 10.2. The van der Waals surface area contributed by atoms with E-state index < -0.39 is 0 Å². The molecular formula is C14H14N4O. The maximum absolute atomic E-state index is 5.47. The molecular weight excluding hydrogens is 240 g/mol. The lowest BCUT2D eigenvalue weighted by molar-refractivity contribution is -0.0262. The van der Waals surface area contributed by atoms with Crippen molar-refractivity contribution in [2.45, 2.75) is 6.23 Å². The number of pyridine rings is 1. The summed E-state index contributed by atoms with van der Waals surface area (Å²) in [5, 5.41) is 6.02. The molecule has 1 unspecified atom stereocenters. The van der Waals surface area contributed by atoms with Crippen molar-refractivity contribution in [3.63, 3.8) is 0 Å². The summed E-state index contributed by atoms with van der Waals surface area (Å²) in [5.74, 6) is 0.743. The zero-order valence-electron chi connectivity index (χ0n) is 10.5. The number of hydrogen-bond acceptors (Lipinski definition) is 5. The molecule has 19 heavy (non-hydrogen) atoms. The van der Waals surface area contributed by atoms with Crippen molar-refractivity contribution in [2.24, 2.45) is 5.16 Å². The van der Waals surface area contributed by atoms with Crippen molar-refractivity contribution < 1.29 is 4.84 Å².